The molecule has 2 amide bonds. The number of piperidine rings is 1. The van der Waals surface area contributed by atoms with Crippen LogP contribution in [0.15, 0.2) is 28.7 Å². The van der Waals surface area contributed by atoms with Gasteiger partial charge in [-0.1, -0.05) is 18.2 Å². The lowest BCUT2D eigenvalue weighted by atomic mass is 9.73. The van der Waals surface area contributed by atoms with Crippen LogP contribution in [0.3, 0.4) is 0 Å². The van der Waals surface area contributed by atoms with Crippen LogP contribution in [0, 0.1) is 12.3 Å². The summed E-state index contributed by atoms with van der Waals surface area (Å²) in [7, 11) is 0. The number of likely N-dealkylation sites (tertiary alicyclic amines) is 2. The lowest BCUT2D eigenvalue weighted by Crippen LogP contribution is -2.65. The van der Waals surface area contributed by atoms with E-state index in [0.717, 1.165) is 29.4 Å². The minimum absolute atomic E-state index is 0.0300. The first-order valence-electron chi connectivity index (χ1n) is 9.46. The van der Waals surface area contributed by atoms with Crippen molar-refractivity contribution in [2.75, 3.05) is 32.7 Å². The van der Waals surface area contributed by atoms with E-state index < -0.39 is 6.04 Å². The van der Waals surface area contributed by atoms with Gasteiger partial charge in [0, 0.05) is 49.1 Å². The zero-order valence-corrected chi connectivity index (χ0v) is 15.6. The van der Waals surface area contributed by atoms with Crippen LogP contribution in [0.25, 0.3) is 11.0 Å². The first-order valence-corrected chi connectivity index (χ1v) is 9.46. The molecule has 0 aliphatic carbocycles. The van der Waals surface area contributed by atoms with Gasteiger partial charge in [-0.25, -0.2) is 0 Å². The average Bonchev–Trinajstić information content (AvgIpc) is 3.01. The molecule has 1 spiro atoms. The van der Waals surface area contributed by atoms with Crippen LogP contribution in [0.1, 0.15) is 29.0 Å². The molecule has 2 fully saturated rings. The van der Waals surface area contributed by atoms with Crippen molar-refractivity contribution in [3.05, 3.63) is 35.6 Å². The highest BCUT2D eigenvalue weighted by molar-refractivity contribution is 5.99. The molecule has 1 atom stereocenters. The second-order valence-electron chi connectivity index (χ2n) is 7.92. The van der Waals surface area contributed by atoms with E-state index in [1.54, 1.807) is 0 Å². The molecular weight excluding hydrogens is 344 g/mol. The first kappa shape index (κ1) is 18.0. The molecule has 3 heterocycles. The Kier molecular flexibility index (Phi) is 4.44. The van der Waals surface area contributed by atoms with Crippen molar-refractivity contribution in [1.29, 1.82) is 0 Å². The second kappa shape index (κ2) is 6.65. The zero-order chi connectivity index (χ0) is 19.2. The fourth-order valence-electron chi connectivity index (χ4n) is 4.42. The topological polar surface area (TPSA) is 106 Å². The van der Waals surface area contributed by atoms with Crippen LogP contribution in [-0.4, -0.2) is 60.4 Å². The number of para-hydroxylation sites is 1. The monoisotopic (exact) mass is 370 g/mol. The van der Waals surface area contributed by atoms with Gasteiger partial charge in [0.1, 0.15) is 5.58 Å². The molecule has 0 bridgehead atoms. The number of nitrogens with zero attached hydrogens (tertiary/aromatic N) is 2. The summed E-state index contributed by atoms with van der Waals surface area (Å²) in [5.74, 6) is 0.255. The second-order valence-corrected chi connectivity index (χ2v) is 7.92. The number of carbonyl (C=O) groups is 2. The Labute approximate surface area is 158 Å². The SMILES string of the molecule is Cc1c(C(=O)N2CC3(CCCN(C(=O)C(N)CN)C3)C2)oc2ccccc12. The lowest BCUT2D eigenvalue weighted by molar-refractivity contribution is -0.139. The summed E-state index contributed by atoms with van der Waals surface area (Å²) in [4.78, 5) is 28.9. The molecular formula is C20H26N4O3. The van der Waals surface area contributed by atoms with Gasteiger partial charge in [0.15, 0.2) is 5.76 Å². The van der Waals surface area contributed by atoms with E-state index in [-0.39, 0.29) is 23.8 Å². The van der Waals surface area contributed by atoms with E-state index in [1.165, 1.54) is 0 Å². The van der Waals surface area contributed by atoms with Gasteiger partial charge in [0.2, 0.25) is 5.91 Å². The van der Waals surface area contributed by atoms with E-state index >= 15 is 0 Å². The fourth-order valence-corrected chi connectivity index (χ4v) is 4.42. The van der Waals surface area contributed by atoms with Gasteiger partial charge >= 0.3 is 0 Å². The van der Waals surface area contributed by atoms with Crippen molar-refractivity contribution in [3.63, 3.8) is 0 Å². The quantitative estimate of drug-likeness (QED) is 0.841. The van der Waals surface area contributed by atoms with Crippen molar-refractivity contribution in [1.82, 2.24) is 9.80 Å². The molecule has 1 unspecified atom stereocenters. The predicted octanol–water partition coefficient (Wildman–Crippen LogP) is 1.09. The molecule has 0 radical (unpaired) electrons. The molecule has 144 valence electrons. The molecule has 2 aromatic rings. The zero-order valence-electron chi connectivity index (χ0n) is 15.6. The number of carbonyl (C=O) groups excluding carboxylic acids is 2. The minimum Gasteiger partial charge on any atom is -0.451 e. The maximum absolute atomic E-state index is 12.9. The van der Waals surface area contributed by atoms with Crippen LogP contribution in [-0.2, 0) is 4.79 Å². The Morgan fingerprint density at radius 1 is 1.22 bits per heavy atom. The molecule has 7 nitrogen and oxygen atoms in total. The highest BCUT2D eigenvalue weighted by Gasteiger charge is 2.49. The van der Waals surface area contributed by atoms with Gasteiger partial charge in [0.05, 0.1) is 6.04 Å². The van der Waals surface area contributed by atoms with Crippen LogP contribution in [0.5, 0.6) is 0 Å². The molecule has 1 aromatic heterocycles. The van der Waals surface area contributed by atoms with Gasteiger partial charge in [-0.15, -0.1) is 0 Å². The number of nitrogens with two attached hydrogens (primary N) is 2. The summed E-state index contributed by atoms with van der Waals surface area (Å²) in [5, 5.41) is 0.973. The summed E-state index contributed by atoms with van der Waals surface area (Å²) >= 11 is 0. The Hall–Kier alpha value is -2.38. The summed E-state index contributed by atoms with van der Waals surface area (Å²) in [6, 6.07) is 7.04. The van der Waals surface area contributed by atoms with Crippen molar-refractivity contribution in [2.24, 2.45) is 16.9 Å². The number of amides is 2. The number of rotatable bonds is 3. The highest BCUT2D eigenvalue weighted by atomic mass is 16.3. The number of fused-ring (bicyclic) bond motifs is 1. The molecule has 2 aliphatic heterocycles. The number of hydrogen-bond acceptors (Lipinski definition) is 5. The maximum atomic E-state index is 12.9. The number of aryl methyl sites for hydroxylation is 1. The molecule has 7 heteroatoms. The molecule has 1 aromatic carbocycles. The van der Waals surface area contributed by atoms with Gasteiger partial charge < -0.3 is 25.7 Å². The van der Waals surface area contributed by atoms with Crippen LogP contribution < -0.4 is 11.5 Å². The first-order chi connectivity index (χ1) is 12.9. The lowest BCUT2D eigenvalue weighted by Gasteiger charge is -2.54. The number of hydrogen-bond donors (Lipinski definition) is 2. The van der Waals surface area contributed by atoms with Crippen molar-refractivity contribution >= 4 is 22.8 Å². The van der Waals surface area contributed by atoms with Gasteiger partial charge in [-0.3, -0.25) is 9.59 Å². The third-order valence-corrected chi connectivity index (χ3v) is 5.92. The Bertz CT molecular complexity index is 884. The molecule has 0 saturated carbocycles. The van der Waals surface area contributed by atoms with Crippen molar-refractivity contribution in [3.8, 4) is 0 Å². The predicted molar refractivity (Wildman–Crippen MR) is 102 cm³/mol. The molecule has 2 saturated heterocycles. The molecule has 27 heavy (non-hydrogen) atoms. The van der Waals surface area contributed by atoms with E-state index in [4.69, 9.17) is 15.9 Å². The Morgan fingerprint density at radius 3 is 2.63 bits per heavy atom. The smallest absolute Gasteiger partial charge is 0.289 e. The van der Waals surface area contributed by atoms with Gasteiger partial charge in [-0.05, 0) is 25.8 Å². The highest BCUT2D eigenvalue weighted by Crippen LogP contribution is 2.40. The van der Waals surface area contributed by atoms with Crippen molar-refractivity contribution < 1.29 is 14.0 Å². The van der Waals surface area contributed by atoms with Gasteiger partial charge in [-0.2, -0.15) is 0 Å². The average molecular weight is 370 g/mol. The summed E-state index contributed by atoms with van der Waals surface area (Å²) < 4.78 is 5.81. The Morgan fingerprint density at radius 2 is 1.93 bits per heavy atom. The van der Waals surface area contributed by atoms with E-state index in [1.807, 2.05) is 41.0 Å². The number of benzene rings is 1. The van der Waals surface area contributed by atoms with Crippen molar-refractivity contribution in [2.45, 2.75) is 25.8 Å². The Balaban J connectivity index is 1.45. The minimum atomic E-state index is -0.642. The summed E-state index contributed by atoms with van der Waals surface area (Å²) in [6.45, 7) is 4.71. The van der Waals surface area contributed by atoms with Crippen LogP contribution in [0.2, 0.25) is 0 Å². The van der Waals surface area contributed by atoms with E-state index in [2.05, 4.69) is 0 Å². The van der Waals surface area contributed by atoms with Crippen LogP contribution in [0.4, 0.5) is 0 Å². The fraction of sp³-hybridized carbons (Fsp3) is 0.500. The third-order valence-electron chi connectivity index (χ3n) is 5.92. The van der Waals surface area contributed by atoms with Gasteiger partial charge in [0.25, 0.3) is 5.91 Å². The largest absolute Gasteiger partial charge is 0.451 e. The molecule has 2 aliphatic rings. The van der Waals surface area contributed by atoms with Crippen LogP contribution >= 0.6 is 0 Å². The standard InChI is InChI=1S/C20H26N4O3/c1-13-14-5-2-3-6-16(14)27-17(13)19(26)24-11-20(12-24)7-4-8-23(10-20)18(25)15(22)9-21/h2-3,5-6,15H,4,7-12,21-22H2,1H3. The summed E-state index contributed by atoms with van der Waals surface area (Å²) in [6.07, 6.45) is 1.94. The third kappa shape index (κ3) is 3.00. The molecule has 4 rings (SSSR count). The number of furan rings is 1. The van der Waals surface area contributed by atoms with E-state index in [9.17, 15) is 9.59 Å². The molecule has 4 N–H and O–H groups in total. The maximum Gasteiger partial charge on any atom is 0.289 e. The van der Waals surface area contributed by atoms with E-state index in [0.29, 0.717) is 31.9 Å². The normalized spacial score (nSPS) is 20.0. The summed E-state index contributed by atoms with van der Waals surface area (Å²) in [5.41, 5.74) is 12.9.